The fraction of sp³-hybridized carbons (Fsp3) is 0.300. The molecule has 82 valence electrons. The summed E-state index contributed by atoms with van der Waals surface area (Å²) in [6.45, 7) is 0.813. The summed E-state index contributed by atoms with van der Waals surface area (Å²) in [5, 5.41) is 2.61. The second-order valence-corrected chi connectivity index (χ2v) is 3.06. The number of hydrogen-bond donors (Lipinski definition) is 2. The number of carbonyl (C=O) groups is 1. The molecule has 0 aliphatic rings. The first kappa shape index (κ1) is 11.5. The molecule has 0 atom stereocenters. The fourth-order valence-electron chi connectivity index (χ4n) is 1.08. The summed E-state index contributed by atoms with van der Waals surface area (Å²) in [4.78, 5) is 12.9. The molecule has 1 aromatic carbocycles. The van der Waals surface area contributed by atoms with Gasteiger partial charge in [0, 0.05) is 25.8 Å². The molecule has 2 amide bonds. The quantitative estimate of drug-likeness (QED) is 0.781. The van der Waals surface area contributed by atoms with Crippen molar-refractivity contribution in [2.45, 2.75) is 0 Å². The van der Waals surface area contributed by atoms with E-state index in [4.69, 9.17) is 5.73 Å². The number of nitrogens with zero attached hydrogens (tertiary/aromatic N) is 1. The maximum atomic E-state index is 12.6. The summed E-state index contributed by atoms with van der Waals surface area (Å²) in [6.07, 6.45) is 0. The van der Waals surface area contributed by atoms with Gasteiger partial charge in [0.05, 0.1) is 0 Å². The third-order valence-electron chi connectivity index (χ3n) is 1.94. The van der Waals surface area contributed by atoms with Crippen LogP contribution < -0.4 is 16.0 Å². The Kier molecular flexibility index (Phi) is 4.05. The lowest BCUT2D eigenvalue weighted by Gasteiger charge is -2.17. The second kappa shape index (κ2) is 5.31. The molecular weight excluding hydrogens is 197 g/mol. The van der Waals surface area contributed by atoms with Crippen molar-refractivity contribution in [1.29, 1.82) is 0 Å². The number of benzene rings is 1. The van der Waals surface area contributed by atoms with E-state index in [9.17, 15) is 9.18 Å². The first-order valence-electron chi connectivity index (χ1n) is 4.62. The van der Waals surface area contributed by atoms with E-state index in [1.807, 2.05) is 0 Å². The predicted molar refractivity (Wildman–Crippen MR) is 57.3 cm³/mol. The molecule has 4 nitrogen and oxygen atoms in total. The van der Waals surface area contributed by atoms with Gasteiger partial charge in [0.2, 0.25) is 0 Å². The molecule has 0 heterocycles. The van der Waals surface area contributed by atoms with Crippen LogP contribution in [-0.2, 0) is 0 Å². The molecule has 0 radical (unpaired) electrons. The summed E-state index contributed by atoms with van der Waals surface area (Å²) in [6, 6.07) is 5.44. The van der Waals surface area contributed by atoms with E-state index in [0.717, 1.165) is 0 Å². The standard InChI is InChI=1S/C10H14FN3O/c1-14(10(15)13-7-6-12)9-4-2-8(11)3-5-9/h2-5H,6-7,12H2,1H3,(H,13,15). The molecule has 0 aliphatic heterocycles. The average molecular weight is 211 g/mol. The topological polar surface area (TPSA) is 58.4 Å². The van der Waals surface area contributed by atoms with Crippen molar-refractivity contribution in [1.82, 2.24) is 5.32 Å². The monoisotopic (exact) mass is 211 g/mol. The van der Waals surface area contributed by atoms with Crippen LogP contribution in [0.5, 0.6) is 0 Å². The van der Waals surface area contributed by atoms with Crippen molar-refractivity contribution >= 4 is 11.7 Å². The molecule has 0 saturated carbocycles. The number of nitrogens with two attached hydrogens (primary N) is 1. The Morgan fingerprint density at radius 3 is 2.60 bits per heavy atom. The lowest BCUT2D eigenvalue weighted by Crippen LogP contribution is -2.39. The van der Waals surface area contributed by atoms with Gasteiger partial charge in [-0.3, -0.25) is 4.90 Å². The fourth-order valence-corrected chi connectivity index (χ4v) is 1.08. The Bertz CT molecular complexity index is 326. The van der Waals surface area contributed by atoms with E-state index in [1.165, 1.54) is 29.2 Å². The minimum absolute atomic E-state index is 0.257. The second-order valence-electron chi connectivity index (χ2n) is 3.06. The smallest absolute Gasteiger partial charge is 0.321 e. The van der Waals surface area contributed by atoms with Gasteiger partial charge in [-0.2, -0.15) is 0 Å². The van der Waals surface area contributed by atoms with Gasteiger partial charge in [-0.15, -0.1) is 0 Å². The number of halogens is 1. The summed E-state index contributed by atoms with van der Waals surface area (Å²) >= 11 is 0. The SMILES string of the molecule is CN(C(=O)NCCN)c1ccc(F)cc1. The van der Waals surface area contributed by atoms with Gasteiger partial charge in [0.25, 0.3) is 0 Å². The molecule has 0 unspecified atom stereocenters. The van der Waals surface area contributed by atoms with Crippen LogP contribution in [0.25, 0.3) is 0 Å². The predicted octanol–water partition coefficient (Wildman–Crippen LogP) is 0.930. The Morgan fingerprint density at radius 1 is 1.47 bits per heavy atom. The molecule has 0 spiro atoms. The zero-order valence-electron chi connectivity index (χ0n) is 8.53. The maximum absolute atomic E-state index is 12.6. The highest BCUT2D eigenvalue weighted by Gasteiger charge is 2.08. The highest BCUT2D eigenvalue weighted by molar-refractivity contribution is 5.91. The Morgan fingerprint density at radius 2 is 2.07 bits per heavy atom. The van der Waals surface area contributed by atoms with Crippen molar-refractivity contribution in [3.63, 3.8) is 0 Å². The third-order valence-corrected chi connectivity index (χ3v) is 1.94. The maximum Gasteiger partial charge on any atom is 0.321 e. The zero-order valence-corrected chi connectivity index (χ0v) is 8.53. The van der Waals surface area contributed by atoms with Gasteiger partial charge >= 0.3 is 6.03 Å². The average Bonchev–Trinajstić information content (AvgIpc) is 2.26. The van der Waals surface area contributed by atoms with Crippen molar-refractivity contribution in [3.8, 4) is 0 Å². The zero-order chi connectivity index (χ0) is 11.3. The van der Waals surface area contributed by atoms with Gasteiger partial charge in [-0.25, -0.2) is 9.18 Å². The van der Waals surface area contributed by atoms with Crippen LogP contribution >= 0.6 is 0 Å². The van der Waals surface area contributed by atoms with Crippen molar-refractivity contribution < 1.29 is 9.18 Å². The molecule has 0 bridgehead atoms. The normalized spacial score (nSPS) is 9.80. The van der Waals surface area contributed by atoms with E-state index >= 15 is 0 Å². The van der Waals surface area contributed by atoms with Crippen LogP contribution in [0.1, 0.15) is 0 Å². The van der Waals surface area contributed by atoms with E-state index in [1.54, 1.807) is 7.05 Å². The van der Waals surface area contributed by atoms with Crippen molar-refractivity contribution in [3.05, 3.63) is 30.1 Å². The summed E-state index contributed by atoms with van der Waals surface area (Å²) in [7, 11) is 1.61. The lowest BCUT2D eigenvalue weighted by molar-refractivity contribution is 0.247. The summed E-state index contributed by atoms with van der Waals surface area (Å²) < 4.78 is 12.6. The van der Waals surface area contributed by atoms with Gasteiger partial charge in [0.15, 0.2) is 0 Å². The summed E-state index contributed by atoms with van der Waals surface area (Å²) in [5.41, 5.74) is 5.88. The van der Waals surface area contributed by atoms with Gasteiger partial charge in [-0.05, 0) is 24.3 Å². The number of rotatable bonds is 3. The molecule has 15 heavy (non-hydrogen) atoms. The largest absolute Gasteiger partial charge is 0.336 e. The number of nitrogens with one attached hydrogen (secondary N) is 1. The van der Waals surface area contributed by atoms with Gasteiger partial charge in [0.1, 0.15) is 5.82 Å². The Hall–Kier alpha value is -1.62. The molecule has 3 N–H and O–H groups in total. The molecule has 1 rings (SSSR count). The Balaban J connectivity index is 2.63. The van der Waals surface area contributed by atoms with Gasteiger partial charge < -0.3 is 11.1 Å². The first-order valence-corrected chi connectivity index (χ1v) is 4.62. The lowest BCUT2D eigenvalue weighted by atomic mass is 10.3. The first-order chi connectivity index (χ1) is 7.15. The molecule has 0 aliphatic carbocycles. The number of carbonyl (C=O) groups excluding carboxylic acids is 1. The minimum Gasteiger partial charge on any atom is -0.336 e. The van der Waals surface area contributed by atoms with Crippen LogP contribution in [0.4, 0.5) is 14.9 Å². The third kappa shape index (κ3) is 3.21. The number of urea groups is 1. The van der Waals surface area contributed by atoms with Crippen LogP contribution in [0.3, 0.4) is 0 Å². The van der Waals surface area contributed by atoms with Crippen LogP contribution in [0.15, 0.2) is 24.3 Å². The van der Waals surface area contributed by atoms with E-state index in [2.05, 4.69) is 5.32 Å². The molecule has 0 fully saturated rings. The van der Waals surface area contributed by atoms with E-state index in [0.29, 0.717) is 18.8 Å². The highest BCUT2D eigenvalue weighted by Crippen LogP contribution is 2.12. The van der Waals surface area contributed by atoms with Crippen LogP contribution in [0, 0.1) is 5.82 Å². The molecule has 0 saturated heterocycles. The molecule has 0 aromatic heterocycles. The molecule has 1 aromatic rings. The molecular formula is C10H14FN3O. The minimum atomic E-state index is -0.325. The number of hydrogen-bond acceptors (Lipinski definition) is 2. The van der Waals surface area contributed by atoms with E-state index in [-0.39, 0.29) is 11.8 Å². The van der Waals surface area contributed by atoms with Crippen LogP contribution in [-0.4, -0.2) is 26.2 Å². The number of amides is 2. The van der Waals surface area contributed by atoms with Crippen LogP contribution in [0.2, 0.25) is 0 Å². The summed E-state index contributed by atoms with van der Waals surface area (Å²) in [5.74, 6) is -0.325. The Labute approximate surface area is 87.9 Å². The van der Waals surface area contributed by atoms with E-state index < -0.39 is 0 Å². The van der Waals surface area contributed by atoms with Crippen molar-refractivity contribution in [2.24, 2.45) is 5.73 Å². The van der Waals surface area contributed by atoms with Crippen molar-refractivity contribution in [2.75, 3.05) is 25.0 Å². The van der Waals surface area contributed by atoms with Gasteiger partial charge in [-0.1, -0.05) is 0 Å². The number of anilines is 1. The molecule has 5 heteroatoms. The highest BCUT2D eigenvalue weighted by atomic mass is 19.1.